The standard InChI is InChI=1S/C12H23N.2C2H6/c1-5-12-8-10(2)9-13(12)7-6-11(12,3)4;2*1-2/h10H,5-9H2,1-4H3;2*1-2H3/t10-,12+;;/m0../s1. The highest BCUT2D eigenvalue weighted by Crippen LogP contribution is 2.54. The second-order valence-electron chi connectivity index (χ2n) is 5.77. The minimum atomic E-state index is 0.548. The first-order chi connectivity index (χ1) is 8.02. The van der Waals surface area contributed by atoms with Crippen molar-refractivity contribution in [2.24, 2.45) is 11.3 Å². The van der Waals surface area contributed by atoms with Gasteiger partial charge < -0.3 is 0 Å². The van der Waals surface area contributed by atoms with Crippen LogP contribution in [0.2, 0.25) is 0 Å². The van der Waals surface area contributed by atoms with Gasteiger partial charge in [-0.15, -0.1) is 0 Å². The highest BCUT2D eigenvalue weighted by Gasteiger charge is 2.56. The molecule has 0 unspecified atom stereocenters. The third kappa shape index (κ3) is 2.86. The van der Waals surface area contributed by atoms with Gasteiger partial charge in [0.1, 0.15) is 0 Å². The van der Waals surface area contributed by atoms with Gasteiger partial charge in [0.05, 0.1) is 0 Å². The molecule has 2 fully saturated rings. The first-order valence-corrected chi connectivity index (χ1v) is 7.77. The van der Waals surface area contributed by atoms with Crippen LogP contribution < -0.4 is 0 Å². The van der Waals surface area contributed by atoms with Crippen LogP contribution in [0.15, 0.2) is 0 Å². The number of fused-ring (bicyclic) bond motifs is 1. The largest absolute Gasteiger partial charge is 0.297 e. The Morgan fingerprint density at radius 2 is 1.65 bits per heavy atom. The molecule has 104 valence electrons. The molecular weight excluding hydrogens is 206 g/mol. The minimum absolute atomic E-state index is 0.548. The summed E-state index contributed by atoms with van der Waals surface area (Å²) in [7, 11) is 0. The van der Waals surface area contributed by atoms with Gasteiger partial charge in [0, 0.05) is 12.1 Å². The van der Waals surface area contributed by atoms with Crippen LogP contribution in [0.25, 0.3) is 0 Å². The normalized spacial score (nSPS) is 34.2. The maximum Gasteiger partial charge on any atom is 0.0261 e. The summed E-state index contributed by atoms with van der Waals surface area (Å²) in [6.45, 7) is 20.4. The lowest BCUT2D eigenvalue weighted by atomic mass is 9.69. The summed E-state index contributed by atoms with van der Waals surface area (Å²) in [5, 5.41) is 0. The summed E-state index contributed by atoms with van der Waals surface area (Å²) in [6, 6.07) is 0. The third-order valence-corrected chi connectivity index (χ3v) is 4.67. The van der Waals surface area contributed by atoms with Crippen molar-refractivity contribution in [3.05, 3.63) is 0 Å². The van der Waals surface area contributed by atoms with Crippen molar-refractivity contribution in [1.29, 1.82) is 0 Å². The third-order valence-electron chi connectivity index (χ3n) is 4.67. The van der Waals surface area contributed by atoms with Gasteiger partial charge in [-0.25, -0.2) is 0 Å². The molecule has 0 aromatic carbocycles. The van der Waals surface area contributed by atoms with Crippen LogP contribution >= 0.6 is 0 Å². The summed E-state index contributed by atoms with van der Waals surface area (Å²) in [5.74, 6) is 0.916. The Kier molecular flexibility index (Phi) is 6.76. The van der Waals surface area contributed by atoms with Crippen LogP contribution in [0, 0.1) is 11.3 Å². The van der Waals surface area contributed by atoms with Crippen molar-refractivity contribution in [2.75, 3.05) is 13.1 Å². The SMILES string of the molecule is CC.CC.CC[C@]12C[C@H](C)CN1CCC2(C)C. The minimum Gasteiger partial charge on any atom is -0.297 e. The van der Waals surface area contributed by atoms with Gasteiger partial charge in [-0.3, -0.25) is 4.90 Å². The average Bonchev–Trinajstić information content (AvgIpc) is 2.80. The molecule has 0 aliphatic carbocycles. The Morgan fingerprint density at radius 1 is 1.12 bits per heavy atom. The Labute approximate surface area is 110 Å². The predicted molar refractivity (Wildman–Crippen MR) is 79.5 cm³/mol. The first kappa shape index (κ1) is 17.0. The van der Waals surface area contributed by atoms with Crippen LogP contribution in [0.1, 0.15) is 74.7 Å². The summed E-state index contributed by atoms with van der Waals surface area (Å²) < 4.78 is 0. The second kappa shape index (κ2) is 6.78. The molecule has 0 bridgehead atoms. The maximum absolute atomic E-state index is 2.76. The maximum atomic E-state index is 2.76. The van der Waals surface area contributed by atoms with E-state index in [1.807, 2.05) is 27.7 Å². The number of hydrogen-bond donors (Lipinski definition) is 0. The van der Waals surface area contributed by atoms with Crippen LogP contribution in [-0.4, -0.2) is 23.5 Å². The molecule has 0 aromatic rings. The summed E-state index contributed by atoms with van der Waals surface area (Å²) in [6.07, 6.45) is 4.16. The fourth-order valence-electron chi connectivity index (χ4n) is 3.82. The zero-order chi connectivity index (χ0) is 13.7. The molecule has 2 atom stereocenters. The molecule has 17 heavy (non-hydrogen) atoms. The molecule has 2 aliphatic heterocycles. The van der Waals surface area contributed by atoms with Crippen molar-refractivity contribution in [2.45, 2.75) is 80.2 Å². The van der Waals surface area contributed by atoms with Crippen molar-refractivity contribution >= 4 is 0 Å². The smallest absolute Gasteiger partial charge is 0.0261 e. The predicted octanol–water partition coefficient (Wildman–Crippen LogP) is 4.96. The Hall–Kier alpha value is -0.0400. The fraction of sp³-hybridized carbons (Fsp3) is 1.00. The number of rotatable bonds is 1. The molecule has 0 N–H and O–H groups in total. The molecule has 2 heterocycles. The summed E-state index contributed by atoms with van der Waals surface area (Å²) >= 11 is 0. The van der Waals surface area contributed by atoms with E-state index in [9.17, 15) is 0 Å². The van der Waals surface area contributed by atoms with Crippen molar-refractivity contribution in [1.82, 2.24) is 4.90 Å². The number of hydrogen-bond acceptors (Lipinski definition) is 1. The molecule has 1 heteroatoms. The lowest BCUT2D eigenvalue weighted by Gasteiger charge is -2.42. The van der Waals surface area contributed by atoms with Gasteiger partial charge in [0.25, 0.3) is 0 Å². The molecule has 0 radical (unpaired) electrons. The van der Waals surface area contributed by atoms with E-state index < -0.39 is 0 Å². The highest BCUT2D eigenvalue weighted by molar-refractivity contribution is 5.10. The van der Waals surface area contributed by atoms with E-state index in [-0.39, 0.29) is 0 Å². The van der Waals surface area contributed by atoms with Gasteiger partial charge in [-0.05, 0) is 37.1 Å². The monoisotopic (exact) mass is 241 g/mol. The molecule has 2 aliphatic rings. The molecule has 2 saturated heterocycles. The van der Waals surface area contributed by atoms with Gasteiger partial charge in [-0.1, -0.05) is 55.4 Å². The van der Waals surface area contributed by atoms with Gasteiger partial charge >= 0.3 is 0 Å². The molecule has 0 saturated carbocycles. The van der Waals surface area contributed by atoms with E-state index in [0.29, 0.717) is 11.0 Å². The van der Waals surface area contributed by atoms with Gasteiger partial charge in [0.2, 0.25) is 0 Å². The summed E-state index contributed by atoms with van der Waals surface area (Å²) in [5.41, 5.74) is 1.10. The highest BCUT2D eigenvalue weighted by atomic mass is 15.3. The van der Waals surface area contributed by atoms with Crippen LogP contribution in [0.3, 0.4) is 0 Å². The van der Waals surface area contributed by atoms with Gasteiger partial charge in [-0.2, -0.15) is 0 Å². The van der Waals surface area contributed by atoms with E-state index in [1.54, 1.807) is 0 Å². The van der Waals surface area contributed by atoms with E-state index in [1.165, 1.54) is 32.4 Å². The zero-order valence-electron chi connectivity index (χ0n) is 13.6. The molecular formula is C16H35N. The Morgan fingerprint density at radius 3 is 2.06 bits per heavy atom. The fourth-order valence-corrected chi connectivity index (χ4v) is 3.82. The molecule has 1 nitrogen and oxygen atoms in total. The van der Waals surface area contributed by atoms with Crippen molar-refractivity contribution in [3.63, 3.8) is 0 Å². The van der Waals surface area contributed by atoms with Crippen molar-refractivity contribution in [3.8, 4) is 0 Å². The lowest BCUT2D eigenvalue weighted by Crippen LogP contribution is -2.46. The number of nitrogens with zero attached hydrogens (tertiary/aromatic N) is 1. The van der Waals surface area contributed by atoms with E-state index in [4.69, 9.17) is 0 Å². The Bertz CT molecular complexity index is 210. The van der Waals surface area contributed by atoms with E-state index in [2.05, 4.69) is 32.6 Å². The quantitative estimate of drug-likeness (QED) is 0.627. The van der Waals surface area contributed by atoms with E-state index in [0.717, 1.165) is 5.92 Å². The molecule has 2 rings (SSSR count). The Balaban J connectivity index is 0.000000581. The molecule has 0 amide bonds. The second-order valence-corrected chi connectivity index (χ2v) is 5.77. The lowest BCUT2D eigenvalue weighted by molar-refractivity contribution is 0.0894. The van der Waals surface area contributed by atoms with Crippen LogP contribution in [0.5, 0.6) is 0 Å². The van der Waals surface area contributed by atoms with Crippen molar-refractivity contribution < 1.29 is 0 Å². The van der Waals surface area contributed by atoms with Crippen LogP contribution in [0.4, 0.5) is 0 Å². The topological polar surface area (TPSA) is 3.24 Å². The average molecular weight is 241 g/mol. The zero-order valence-corrected chi connectivity index (χ0v) is 13.6. The first-order valence-electron chi connectivity index (χ1n) is 7.77. The van der Waals surface area contributed by atoms with Gasteiger partial charge in [0.15, 0.2) is 0 Å². The van der Waals surface area contributed by atoms with Crippen LogP contribution in [-0.2, 0) is 0 Å². The molecule has 0 spiro atoms. The molecule has 0 aromatic heterocycles. The van der Waals surface area contributed by atoms with E-state index >= 15 is 0 Å². The summed E-state index contributed by atoms with van der Waals surface area (Å²) in [4.78, 5) is 2.76.